The van der Waals surface area contributed by atoms with E-state index >= 15 is 0 Å². The molecule has 1 aliphatic carbocycles. The zero-order valence-electron chi connectivity index (χ0n) is 7.48. The monoisotopic (exact) mass is 178 g/mol. The molecule has 2 atom stereocenters. The van der Waals surface area contributed by atoms with Crippen LogP contribution in [0.3, 0.4) is 0 Å². The Morgan fingerprint density at radius 1 is 1.54 bits per heavy atom. The molecule has 3 rings (SSSR count). The van der Waals surface area contributed by atoms with Crippen molar-refractivity contribution in [1.29, 1.82) is 0 Å². The molecule has 13 heavy (non-hydrogen) atoms. The van der Waals surface area contributed by atoms with Crippen LogP contribution in [0, 0.1) is 17.8 Å². The standard InChI is InChI=1S/C9H14N4/c10-3-6-7-4-13(5-8(6)7)9-11-1-2-12-9/h1-2,6-8H,3-5,10H2,(H,11,12). The maximum absolute atomic E-state index is 5.65. The third kappa shape index (κ3) is 0.983. The van der Waals surface area contributed by atoms with E-state index in [4.69, 9.17) is 5.73 Å². The molecule has 2 unspecified atom stereocenters. The van der Waals surface area contributed by atoms with Crippen LogP contribution < -0.4 is 10.6 Å². The van der Waals surface area contributed by atoms with Crippen molar-refractivity contribution in [3.63, 3.8) is 0 Å². The van der Waals surface area contributed by atoms with E-state index in [1.807, 2.05) is 6.20 Å². The van der Waals surface area contributed by atoms with Gasteiger partial charge in [0.1, 0.15) is 0 Å². The molecule has 1 aliphatic heterocycles. The number of fused-ring (bicyclic) bond motifs is 1. The molecule has 70 valence electrons. The van der Waals surface area contributed by atoms with Gasteiger partial charge in [0.15, 0.2) is 0 Å². The summed E-state index contributed by atoms with van der Waals surface area (Å²) in [6.45, 7) is 3.14. The van der Waals surface area contributed by atoms with Crippen LogP contribution in [0.25, 0.3) is 0 Å². The van der Waals surface area contributed by atoms with Gasteiger partial charge in [-0.25, -0.2) is 4.98 Å². The van der Waals surface area contributed by atoms with Crippen molar-refractivity contribution in [3.05, 3.63) is 12.4 Å². The van der Waals surface area contributed by atoms with E-state index in [-0.39, 0.29) is 0 Å². The molecule has 2 fully saturated rings. The van der Waals surface area contributed by atoms with Gasteiger partial charge in [0.25, 0.3) is 0 Å². The van der Waals surface area contributed by atoms with Crippen LogP contribution in [-0.2, 0) is 0 Å². The second-order valence-electron chi connectivity index (χ2n) is 4.05. The average molecular weight is 178 g/mol. The summed E-state index contributed by atoms with van der Waals surface area (Å²) in [4.78, 5) is 9.70. The van der Waals surface area contributed by atoms with Crippen LogP contribution in [0.4, 0.5) is 5.95 Å². The van der Waals surface area contributed by atoms with Gasteiger partial charge in [-0.05, 0) is 24.3 Å². The lowest BCUT2D eigenvalue weighted by molar-refractivity contribution is 0.641. The molecule has 0 radical (unpaired) electrons. The Kier molecular flexibility index (Phi) is 1.41. The number of aromatic amines is 1. The van der Waals surface area contributed by atoms with Crippen molar-refractivity contribution in [3.8, 4) is 0 Å². The van der Waals surface area contributed by atoms with Crippen LogP contribution in [0.2, 0.25) is 0 Å². The van der Waals surface area contributed by atoms with Crippen molar-refractivity contribution < 1.29 is 0 Å². The minimum absolute atomic E-state index is 0.797. The van der Waals surface area contributed by atoms with Gasteiger partial charge in [-0.2, -0.15) is 0 Å². The molecule has 1 saturated carbocycles. The van der Waals surface area contributed by atoms with Gasteiger partial charge in [-0.15, -0.1) is 0 Å². The van der Waals surface area contributed by atoms with E-state index in [2.05, 4.69) is 14.9 Å². The van der Waals surface area contributed by atoms with E-state index in [9.17, 15) is 0 Å². The summed E-state index contributed by atoms with van der Waals surface area (Å²) in [6, 6.07) is 0. The highest BCUT2D eigenvalue weighted by molar-refractivity contribution is 5.35. The first-order valence-electron chi connectivity index (χ1n) is 4.84. The fourth-order valence-electron chi connectivity index (χ4n) is 2.60. The highest BCUT2D eigenvalue weighted by Crippen LogP contribution is 2.51. The van der Waals surface area contributed by atoms with Crippen molar-refractivity contribution in [2.45, 2.75) is 0 Å². The number of rotatable bonds is 2. The number of piperidine rings is 1. The second-order valence-corrected chi connectivity index (χ2v) is 4.05. The number of nitrogens with one attached hydrogen (secondary N) is 1. The Hall–Kier alpha value is -1.03. The Labute approximate surface area is 77.1 Å². The summed E-state index contributed by atoms with van der Waals surface area (Å²) < 4.78 is 0. The second kappa shape index (κ2) is 2.48. The highest BCUT2D eigenvalue weighted by atomic mass is 15.3. The van der Waals surface area contributed by atoms with Crippen molar-refractivity contribution in [2.75, 3.05) is 24.5 Å². The summed E-state index contributed by atoms with van der Waals surface area (Å²) in [5.41, 5.74) is 5.65. The fraction of sp³-hybridized carbons (Fsp3) is 0.667. The molecule has 4 nitrogen and oxygen atoms in total. The van der Waals surface area contributed by atoms with Crippen molar-refractivity contribution in [2.24, 2.45) is 23.5 Å². The van der Waals surface area contributed by atoms with Crippen LogP contribution in [-0.4, -0.2) is 29.6 Å². The van der Waals surface area contributed by atoms with Gasteiger partial charge in [0, 0.05) is 25.5 Å². The zero-order valence-corrected chi connectivity index (χ0v) is 7.48. The highest BCUT2D eigenvalue weighted by Gasteiger charge is 2.54. The molecule has 1 saturated heterocycles. The lowest BCUT2D eigenvalue weighted by Crippen LogP contribution is -2.26. The third-order valence-corrected chi connectivity index (χ3v) is 3.43. The Morgan fingerprint density at radius 2 is 2.31 bits per heavy atom. The van der Waals surface area contributed by atoms with E-state index in [1.54, 1.807) is 6.20 Å². The summed E-state index contributed by atoms with van der Waals surface area (Å²) in [5, 5.41) is 0. The largest absolute Gasteiger partial charge is 0.342 e. The van der Waals surface area contributed by atoms with Gasteiger partial charge in [-0.1, -0.05) is 0 Å². The third-order valence-electron chi connectivity index (χ3n) is 3.43. The van der Waals surface area contributed by atoms with Gasteiger partial charge in [0.05, 0.1) is 0 Å². The predicted molar refractivity (Wildman–Crippen MR) is 50.3 cm³/mol. The minimum Gasteiger partial charge on any atom is -0.342 e. The first kappa shape index (κ1) is 7.38. The van der Waals surface area contributed by atoms with E-state index in [1.165, 1.54) is 0 Å². The van der Waals surface area contributed by atoms with Crippen LogP contribution in [0.5, 0.6) is 0 Å². The molecule has 1 aromatic rings. The first-order valence-corrected chi connectivity index (χ1v) is 4.84. The van der Waals surface area contributed by atoms with E-state index in [0.29, 0.717) is 0 Å². The Balaban J connectivity index is 1.68. The maximum Gasteiger partial charge on any atom is 0.202 e. The van der Waals surface area contributed by atoms with Gasteiger partial charge in [0.2, 0.25) is 5.95 Å². The van der Waals surface area contributed by atoms with Crippen LogP contribution in [0.1, 0.15) is 0 Å². The number of aromatic nitrogens is 2. The summed E-state index contributed by atoms with van der Waals surface area (Å²) >= 11 is 0. The minimum atomic E-state index is 0.797. The number of imidazole rings is 1. The van der Waals surface area contributed by atoms with Gasteiger partial charge in [-0.3, -0.25) is 0 Å². The Morgan fingerprint density at radius 3 is 2.85 bits per heavy atom. The molecular weight excluding hydrogens is 164 g/mol. The predicted octanol–water partition coefficient (Wildman–Crippen LogP) is 0.0506. The number of H-pyrrole nitrogens is 1. The molecule has 2 heterocycles. The lowest BCUT2D eigenvalue weighted by atomic mass is 10.3. The summed E-state index contributed by atoms with van der Waals surface area (Å²) in [5.74, 6) is 3.50. The van der Waals surface area contributed by atoms with Crippen LogP contribution in [0.15, 0.2) is 12.4 Å². The Bertz CT molecular complexity index is 283. The zero-order chi connectivity index (χ0) is 8.84. The number of hydrogen-bond acceptors (Lipinski definition) is 3. The van der Waals surface area contributed by atoms with E-state index in [0.717, 1.165) is 43.3 Å². The van der Waals surface area contributed by atoms with Crippen molar-refractivity contribution >= 4 is 5.95 Å². The van der Waals surface area contributed by atoms with E-state index < -0.39 is 0 Å². The van der Waals surface area contributed by atoms with Gasteiger partial charge < -0.3 is 15.6 Å². The van der Waals surface area contributed by atoms with Crippen molar-refractivity contribution in [1.82, 2.24) is 9.97 Å². The summed E-state index contributed by atoms with van der Waals surface area (Å²) in [6.07, 6.45) is 3.68. The molecule has 0 spiro atoms. The maximum atomic E-state index is 5.65. The molecule has 1 aromatic heterocycles. The summed E-state index contributed by atoms with van der Waals surface area (Å²) in [7, 11) is 0. The molecule has 0 bridgehead atoms. The quantitative estimate of drug-likeness (QED) is 0.672. The topological polar surface area (TPSA) is 57.9 Å². The average Bonchev–Trinajstić information content (AvgIpc) is 2.68. The molecule has 4 heteroatoms. The number of hydrogen-bond donors (Lipinski definition) is 2. The smallest absolute Gasteiger partial charge is 0.202 e. The van der Waals surface area contributed by atoms with Crippen LogP contribution >= 0.6 is 0 Å². The fourth-order valence-corrected chi connectivity index (χ4v) is 2.60. The first-order chi connectivity index (χ1) is 6.40. The molecular formula is C9H14N4. The SMILES string of the molecule is NCC1C2CN(c3ncc[nH]3)CC12. The molecule has 0 amide bonds. The lowest BCUT2D eigenvalue weighted by Gasteiger charge is -2.17. The van der Waals surface area contributed by atoms with Gasteiger partial charge >= 0.3 is 0 Å². The normalized spacial score (nSPS) is 36.4. The molecule has 2 aliphatic rings. The number of nitrogens with zero attached hydrogens (tertiary/aromatic N) is 2. The number of nitrogens with two attached hydrogens (primary N) is 1. The number of anilines is 1. The molecule has 3 N–H and O–H groups in total. The molecule has 0 aromatic carbocycles.